The van der Waals surface area contributed by atoms with Crippen LogP contribution in [0.3, 0.4) is 0 Å². The summed E-state index contributed by atoms with van der Waals surface area (Å²) in [6.07, 6.45) is -2.38. The summed E-state index contributed by atoms with van der Waals surface area (Å²) in [6.45, 7) is 2.44. The maximum absolute atomic E-state index is 12.7. The van der Waals surface area contributed by atoms with E-state index in [4.69, 9.17) is 11.6 Å². The molecule has 1 unspecified atom stereocenters. The van der Waals surface area contributed by atoms with Crippen LogP contribution >= 0.6 is 23.4 Å². The number of hydrogen-bond acceptors (Lipinski definition) is 2. The molecule has 0 fully saturated rings. The molecular weight excluding hydrogens is 309 g/mol. The Morgan fingerprint density at radius 1 is 1.40 bits per heavy atom. The molecule has 2 nitrogen and oxygen atoms in total. The number of hydrogen-bond donors (Lipinski definition) is 0. The van der Waals surface area contributed by atoms with Crippen molar-refractivity contribution < 1.29 is 13.2 Å². The Labute approximate surface area is 124 Å². The smallest absolute Gasteiger partial charge is 0.326 e. The molecule has 1 atom stereocenters. The van der Waals surface area contributed by atoms with Crippen LogP contribution in [0.25, 0.3) is 11.0 Å². The number of nitrogens with zero attached hydrogens (tertiary/aromatic N) is 2. The van der Waals surface area contributed by atoms with Gasteiger partial charge in [0.1, 0.15) is 5.82 Å². The van der Waals surface area contributed by atoms with E-state index in [0.717, 1.165) is 17.9 Å². The van der Waals surface area contributed by atoms with Crippen LogP contribution in [0.15, 0.2) is 18.2 Å². The van der Waals surface area contributed by atoms with Crippen LogP contribution in [0, 0.1) is 0 Å². The number of imidazole rings is 1. The van der Waals surface area contributed by atoms with E-state index < -0.39 is 11.7 Å². The largest absolute Gasteiger partial charge is 0.416 e. The second kappa shape index (κ2) is 5.85. The zero-order chi connectivity index (χ0) is 14.9. The summed E-state index contributed by atoms with van der Waals surface area (Å²) >= 11 is 7.74. The second-order valence-electron chi connectivity index (χ2n) is 4.43. The van der Waals surface area contributed by atoms with Gasteiger partial charge in [-0.3, -0.25) is 0 Å². The van der Waals surface area contributed by atoms with E-state index in [-0.39, 0.29) is 5.38 Å². The van der Waals surface area contributed by atoms with Gasteiger partial charge in [-0.15, -0.1) is 11.6 Å². The van der Waals surface area contributed by atoms with Gasteiger partial charge in [0.15, 0.2) is 0 Å². The molecule has 1 aromatic carbocycles. The van der Waals surface area contributed by atoms with Gasteiger partial charge in [-0.25, -0.2) is 4.98 Å². The molecular formula is C13H14ClF3N2S. The quantitative estimate of drug-likeness (QED) is 0.758. The lowest BCUT2D eigenvalue weighted by atomic mass is 10.2. The predicted molar refractivity (Wildman–Crippen MR) is 77.4 cm³/mol. The maximum atomic E-state index is 12.7. The molecule has 2 aromatic rings. The fraction of sp³-hybridized carbons (Fsp3) is 0.462. The van der Waals surface area contributed by atoms with Gasteiger partial charge in [-0.05, 0) is 31.4 Å². The number of aromatic nitrogens is 2. The molecule has 0 aliphatic carbocycles. The first kappa shape index (κ1) is 15.5. The number of rotatable bonds is 4. The van der Waals surface area contributed by atoms with Gasteiger partial charge in [0.25, 0.3) is 0 Å². The van der Waals surface area contributed by atoms with Crippen LogP contribution in [0.5, 0.6) is 0 Å². The number of alkyl halides is 4. The van der Waals surface area contributed by atoms with Gasteiger partial charge in [-0.1, -0.05) is 0 Å². The third-order valence-electron chi connectivity index (χ3n) is 2.98. The third-order valence-corrected chi connectivity index (χ3v) is 3.77. The van der Waals surface area contributed by atoms with Crippen molar-refractivity contribution in [1.29, 1.82) is 0 Å². The molecule has 0 saturated heterocycles. The van der Waals surface area contributed by atoms with Crippen LogP contribution < -0.4 is 0 Å². The van der Waals surface area contributed by atoms with Crippen molar-refractivity contribution in [1.82, 2.24) is 9.55 Å². The van der Waals surface area contributed by atoms with E-state index in [9.17, 15) is 13.2 Å². The molecule has 1 aromatic heterocycles. The monoisotopic (exact) mass is 322 g/mol. The van der Waals surface area contributed by atoms with Gasteiger partial charge in [0.05, 0.1) is 22.0 Å². The van der Waals surface area contributed by atoms with E-state index in [0.29, 0.717) is 23.4 Å². The van der Waals surface area contributed by atoms with Gasteiger partial charge in [-0.2, -0.15) is 24.9 Å². The molecule has 2 rings (SSSR count). The molecule has 110 valence electrons. The summed E-state index contributed by atoms with van der Waals surface area (Å²) in [4.78, 5) is 4.26. The minimum Gasteiger partial charge on any atom is -0.326 e. The highest BCUT2D eigenvalue weighted by molar-refractivity contribution is 7.98. The van der Waals surface area contributed by atoms with Crippen molar-refractivity contribution in [3.8, 4) is 0 Å². The van der Waals surface area contributed by atoms with Crippen molar-refractivity contribution in [3.05, 3.63) is 29.6 Å². The van der Waals surface area contributed by atoms with Crippen LogP contribution in [-0.4, -0.2) is 21.6 Å². The minimum absolute atomic E-state index is 0.337. The van der Waals surface area contributed by atoms with Gasteiger partial charge >= 0.3 is 6.18 Å². The number of aryl methyl sites for hydroxylation is 1. The molecule has 0 amide bonds. The first-order chi connectivity index (χ1) is 9.34. The van der Waals surface area contributed by atoms with Crippen LogP contribution in [0.1, 0.15) is 23.7 Å². The van der Waals surface area contributed by atoms with Crippen molar-refractivity contribution in [2.24, 2.45) is 0 Å². The average Bonchev–Trinajstić information content (AvgIpc) is 2.73. The SMILES string of the molecule is CSCCn1c(C(C)Cl)nc2cc(C(F)(F)F)ccc21. The molecule has 0 bridgehead atoms. The average molecular weight is 323 g/mol. The number of fused-ring (bicyclic) bond motifs is 1. The molecule has 0 spiro atoms. The van der Waals surface area contributed by atoms with E-state index in [2.05, 4.69) is 4.98 Å². The molecule has 20 heavy (non-hydrogen) atoms. The molecule has 0 radical (unpaired) electrons. The highest BCUT2D eigenvalue weighted by atomic mass is 35.5. The van der Waals surface area contributed by atoms with Gasteiger partial charge < -0.3 is 4.57 Å². The molecule has 0 saturated carbocycles. The molecule has 1 heterocycles. The zero-order valence-electron chi connectivity index (χ0n) is 11.0. The molecule has 0 aliphatic heterocycles. The van der Waals surface area contributed by atoms with Crippen molar-refractivity contribution in [3.63, 3.8) is 0 Å². The van der Waals surface area contributed by atoms with Gasteiger partial charge in [0.2, 0.25) is 0 Å². The second-order valence-corrected chi connectivity index (χ2v) is 6.07. The van der Waals surface area contributed by atoms with E-state index in [1.807, 2.05) is 10.8 Å². The minimum atomic E-state index is -4.36. The fourth-order valence-electron chi connectivity index (χ4n) is 2.05. The number of benzene rings is 1. The normalized spacial score (nSPS) is 13.9. The first-order valence-corrected chi connectivity index (χ1v) is 7.88. The Morgan fingerprint density at radius 2 is 2.10 bits per heavy atom. The zero-order valence-corrected chi connectivity index (χ0v) is 12.6. The van der Waals surface area contributed by atoms with Gasteiger partial charge in [0, 0.05) is 12.3 Å². The van der Waals surface area contributed by atoms with Crippen LogP contribution in [0.4, 0.5) is 13.2 Å². The number of halogens is 4. The Hall–Kier alpha value is -0.880. The summed E-state index contributed by atoms with van der Waals surface area (Å²) in [7, 11) is 0. The standard InChI is InChI=1S/C13H14ClF3N2S/c1-8(14)12-18-10-7-9(13(15,16)17)3-4-11(10)19(12)5-6-20-2/h3-4,7-8H,5-6H2,1-2H3. The molecule has 0 N–H and O–H groups in total. The lowest BCUT2D eigenvalue weighted by Crippen LogP contribution is -2.07. The van der Waals surface area contributed by atoms with E-state index in [1.54, 1.807) is 18.7 Å². The van der Waals surface area contributed by atoms with Crippen LogP contribution in [0.2, 0.25) is 0 Å². The summed E-state index contributed by atoms with van der Waals surface area (Å²) < 4.78 is 40.1. The lowest BCUT2D eigenvalue weighted by molar-refractivity contribution is -0.137. The Balaban J connectivity index is 2.55. The fourth-order valence-corrected chi connectivity index (χ4v) is 2.58. The Morgan fingerprint density at radius 3 is 2.65 bits per heavy atom. The highest BCUT2D eigenvalue weighted by Gasteiger charge is 2.31. The third kappa shape index (κ3) is 3.06. The predicted octanol–water partition coefficient (Wildman–Crippen LogP) is 4.72. The number of thioether (sulfide) groups is 1. The van der Waals surface area contributed by atoms with E-state index >= 15 is 0 Å². The van der Waals surface area contributed by atoms with Crippen LogP contribution in [-0.2, 0) is 12.7 Å². The summed E-state index contributed by atoms with van der Waals surface area (Å²) in [5.74, 6) is 1.46. The Bertz CT molecular complexity index is 607. The lowest BCUT2D eigenvalue weighted by Gasteiger charge is -2.10. The maximum Gasteiger partial charge on any atom is 0.416 e. The highest BCUT2D eigenvalue weighted by Crippen LogP contribution is 2.32. The topological polar surface area (TPSA) is 17.8 Å². The van der Waals surface area contributed by atoms with Crippen molar-refractivity contribution in [2.45, 2.75) is 25.0 Å². The molecule has 7 heteroatoms. The summed E-state index contributed by atoms with van der Waals surface area (Å²) in [5.41, 5.74) is 0.339. The van der Waals surface area contributed by atoms with E-state index in [1.165, 1.54) is 6.07 Å². The molecule has 0 aliphatic rings. The van der Waals surface area contributed by atoms with Crippen molar-refractivity contribution >= 4 is 34.4 Å². The summed E-state index contributed by atoms with van der Waals surface area (Å²) in [6, 6.07) is 3.63. The summed E-state index contributed by atoms with van der Waals surface area (Å²) in [5, 5.41) is -0.349. The first-order valence-electron chi connectivity index (χ1n) is 6.05. The van der Waals surface area contributed by atoms with Crippen molar-refractivity contribution in [2.75, 3.05) is 12.0 Å². The Kier molecular flexibility index (Phi) is 4.54.